The zero-order chi connectivity index (χ0) is 28.3. The van der Waals surface area contributed by atoms with E-state index in [0.29, 0.717) is 52.2 Å². The molecule has 206 valence electrons. The van der Waals surface area contributed by atoms with Crippen molar-refractivity contribution in [3.8, 4) is 34.7 Å². The lowest BCUT2D eigenvalue weighted by Crippen LogP contribution is -2.29. The second-order valence-electron chi connectivity index (χ2n) is 9.75. The van der Waals surface area contributed by atoms with Crippen LogP contribution in [0.1, 0.15) is 24.2 Å². The van der Waals surface area contributed by atoms with Gasteiger partial charge in [0.2, 0.25) is 0 Å². The van der Waals surface area contributed by atoms with Crippen molar-refractivity contribution in [1.29, 1.82) is 5.26 Å². The molecule has 3 aromatic heterocycles. The fourth-order valence-electron chi connectivity index (χ4n) is 4.87. The summed E-state index contributed by atoms with van der Waals surface area (Å²) in [7, 11) is 0. The summed E-state index contributed by atoms with van der Waals surface area (Å²) in [5.41, 5.74) is 9.05. The highest BCUT2D eigenvalue weighted by atomic mass is 19.1. The number of rotatable bonds is 8. The molecule has 0 amide bonds. The first-order valence-corrected chi connectivity index (χ1v) is 13.1. The maximum absolute atomic E-state index is 14.3. The highest BCUT2D eigenvalue weighted by Crippen LogP contribution is 2.33. The fraction of sp³-hybridized carbons (Fsp3) is 0.241. The smallest absolute Gasteiger partial charge is 0.179 e. The normalized spacial score (nSPS) is 14.8. The molecule has 0 spiro atoms. The molecule has 1 fully saturated rings. The Bertz CT molecular complexity index is 1730. The Morgan fingerprint density at radius 2 is 1.83 bits per heavy atom. The third kappa shape index (κ3) is 5.56. The summed E-state index contributed by atoms with van der Waals surface area (Å²) >= 11 is 0. The Morgan fingerprint density at radius 1 is 1.05 bits per heavy atom. The van der Waals surface area contributed by atoms with Crippen molar-refractivity contribution in [3.05, 3.63) is 78.4 Å². The standard InChI is InChI=1S/C29H26FN9O2/c1-18-33-12-19(13-34-18)15-40-24-9-21(30)10-25(11-24)41-23-6-4-20(5-7-23)27-26-28(32)35-17-36-29(26)39(37-27)14-22-3-2-8-38(22)16-31/h4-7,9-13,17,22H,2-3,8,14-15H2,1H3,(H2,32,35,36)/t22-/m1/s1. The molecule has 1 atom stereocenters. The Morgan fingerprint density at radius 3 is 2.61 bits per heavy atom. The lowest BCUT2D eigenvalue weighted by atomic mass is 10.1. The van der Waals surface area contributed by atoms with Crippen molar-refractivity contribution in [2.45, 2.75) is 39.0 Å². The summed E-state index contributed by atoms with van der Waals surface area (Å²) in [6.45, 7) is 3.25. The molecule has 2 aromatic carbocycles. The van der Waals surface area contributed by atoms with Crippen LogP contribution >= 0.6 is 0 Å². The maximum Gasteiger partial charge on any atom is 0.179 e. The molecule has 12 heteroatoms. The van der Waals surface area contributed by atoms with Crippen LogP contribution in [-0.4, -0.2) is 47.2 Å². The molecular formula is C29H26FN9O2. The van der Waals surface area contributed by atoms with Gasteiger partial charge in [-0.25, -0.2) is 29.0 Å². The van der Waals surface area contributed by atoms with Gasteiger partial charge >= 0.3 is 0 Å². The van der Waals surface area contributed by atoms with Gasteiger partial charge in [0.1, 0.15) is 53.3 Å². The first-order chi connectivity index (χ1) is 20.0. The number of nitriles is 1. The van der Waals surface area contributed by atoms with E-state index in [-0.39, 0.29) is 12.6 Å². The minimum absolute atomic E-state index is 0.0493. The van der Waals surface area contributed by atoms with Gasteiger partial charge in [-0.2, -0.15) is 10.4 Å². The molecule has 41 heavy (non-hydrogen) atoms. The monoisotopic (exact) mass is 551 g/mol. The van der Waals surface area contributed by atoms with E-state index in [0.717, 1.165) is 30.5 Å². The van der Waals surface area contributed by atoms with Gasteiger partial charge in [-0.1, -0.05) is 0 Å². The van der Waals surface area contributed by atoms with Crippen LogP contribution in [0.15, 0.2) is 61.2 Å². The molecule has 1 aliphatic rings. The average molecular weight is 552 g/mol. The van der Waals surface area contributed by atoms with Crippen molar-refractivity contribution in [2.75, 3.05) is 12.3 Å². The van der Waals surface area contributed by atoms with E-state index >= 15 is 0 Å². The van der Waals surface area contributed by atoms with Gasteiger partial charge in [0.15, 0.2) is 11.8 Å². The van der Waals surface area contributed by atoms with E-state index in [1.54, 1.807) is 47.1 Å². The van der Waals surface area contributed by atoms with E-state index < -0.39 is 5.82 Å². The summed E-state index contributed by atoms with van der Waals surface area (Å²) < 4.78 is 27.8. The molecule has 11 nitrogen and oxygen atoms in total. The molecule has 0 aliphatic carbocycles. The molecule has 0 saturated carbocycles. The number of nitrogens with zero attached hydrogens (tertiary/aromatic N) is 8. The molecule has 4 heterocycles. The number of halogens is 1. The summed E-state index contributed by atoms with van der Waals surface area (Å²) in [6.07, 6.45) is 8.89. The van der Waals surface area contributed by atoms with Crippen LogP contribution in [0.3, 0.4) is 0 Å². The number of nitrogens with two attached hydrogens (primary N) is 1. The predicted octanol–water partition coefficient (Wildman–Crippen LogP) is 4.63. The summed E-state index contributed by atoms with van der Waals surface area (Å²) in [4.78, 5) is 18.7. The molecule has 5 aromatic rings. The fourth-order valence-corrected chi connectivity index (χ4v) is 4.87. The van der Waals surface area contributed by atoms with Crippen LogP contribution in [0.2, 0.25) is 0 Å². The number of likely N-dealkylation sites (tertiary alicyclic amines) is 1. The summed E-state index contributed by atoms with van der Waals surface area (Å²) in [5, 5.41) is 14.9. The summed E-state index contributed by atoms with van der Waals surface area (Å²) in [6, 6.07) is 11.5. The van der Waals surface area contributed by atoms with E-state index in [1.807, 2.05) is 12.1 Å². The first kappa shape index (κ1) is 25.9. The maximum atomic E-state index is 14.3. The second kappa shape index (κ2) is 11.1. The molecule has 1 saturated heterocycles. The van der Waals surface area contributed by atoms with Crippen LogP contribution in [0.25, 0.3) is 22.3 Å². The minimum atomic E-state index is -0.487. The SMILES string of the molecule is Cc1ncc(COc2cc(F)cc(Oc3ccc(-c4nn(C[C@H]5CCCN5C#N)c5ncnc(N)c45)cc3)c2)cn1. The van der Waals surface area contributed by atoms with Gasteiger partial charge in [0, 0.05) is 48.3 Å². The summed E-state index contributed by atoms with van der Waals surface area (Å²) in [5.74, 6) is 1.61. The molecule has 6 rings (SSSR count). The van der Waals surface area contributed by atoms with Gasteiger partial charge < -0.3 is 20.1 Å². The number of hydrogen-bond acceptors (Lipinski definition) is 10. The third-order valence-electron chi connectivity index (χ3n) is 6.90. The molecule has 2 N–H and O–H groups in total. The van der Waals surface area contributed by atoms with E-state index in [9.17, 15) is 9.65 Å². The first-order valence-electron chi connectivity index (χ1n) is 13.1. The van der Waals surface area contributed by atoms with E-state index in [2.05, 4.69) is 26.1 Å². The van der Waals surface area contributed by atoms with Crippen LogP contribution in [-0.2, 0) is 13.2 Å². The minimum Gasteiger partial charge on any atom is -0.489 e. The van der Waals surface area contributed by atoms with E-state index in [1.165, 1.54) is 18.5 Å². The number of nitrogen functional groups attached to an aromatic ring is 1. The number of fused-ring (bicyclic) bond motifs is 1. The highest BCUT2D eigenvalue weighted by molar-refractivity contribution is 5.98. The van der Waals surface area contributed by atoms with Gasteiger partial charge in [-0.3, -0.25) is 0 Å². The van der Waals surface area contributed by atoms with Crippen LogP contribution in [0.5, 0.6) is 17.2 Å². The topological polar surface area (TPSA) is 141 Å². The number of ether oxygens (including phenoxy) is 2. The van der Waals surface area contributed by atoms with Crippen LogP contribution in [0, 0.1) is 24.2 Å². The van der Waals surface area contributed by atoms with Gasteiger partial charge in [-0.15, -0.1) is 0 Å². The Hall–Kier alpha value is -5.31. The van der Waals surface area contributed by atoms with E-state index in [4.69, 9.17) is 20.3 Å². The Kier molecular flexibility index (Phi) is 6.99. The molecule has 0 unspecified atom stereocenters. The van der Waals surface area contributed by atoms with Crippen molar-refractivity contribution in [1.82, 2.24) is 34.6 Å². The predicted molar refractivity (Wildman–Crippen MR) is 148 cm³/mol. The third-order valence-corrected chi connectivity index (χ3v) is 6.90. The van der Waals surface area contributed by atoms with Crippen molar-refractivity contribution >= 4 is 16.9 Å². The molecule has 0 bridgehead atoms. The van der Waals surface area contributed by atoms with Crippen LogP contribution in [0.4, 0.5) is 10.2 Å². The number of anilines is 1. The van der Waals surface area contributed by atoms with Crippen molar-refractivity contribution < 1.29 is 13.9 Å². The zero-order valence-corrected chi connectivity index (χ0v) is 22.2. The number of aromatic nitrogens is 6. The Balaban J connectivity index is 1.21. The zero-order valence-electron chi connectivity index (χ0n) is 22.2. The number of aryl methyl sites for hydroxylation is 1. The number of benzene rings is 2. The Labute approximate surface area is 235 Å². The quantitative estimate of drug-likeness (QED) is 0.271. The molecule has 1 aliphatic heterocycles. The lowest BCUT2D eigenvalue weighted by molar-refractivity contribution is 0.301. The van der Waals surface area contributed by atoms with Gasteiger partial charge in [-0.05, 0) is 44.0 Å². The van der Waals surface area contributed by atoms with Crippen molar-refractivity contribution in [2.24, 2.45) is 0 Å². The number of hydrogen-bond donors (Lipinski definition) is 1. The van der Waals surface area contributed by atoms with Crippen LogP contribution < -0.4 is 15.2 Å². The average Bonchev–Trinajstić information content (AvgIpc) is 3.58. The molecule has 0 radical (unpaired) electrons. The van der Waals surface area contributed by atoms with Crippen molar-refractivity contribution in [3.63, 3.8) is 0 Å². The largest absolute Gasteiger partial charge is 0.489 e. The molecular weight excluding hydrogens is 525 g/mol. The highest BCUT2D eigenvalue weighted by Gasteiger charge is 2.26. The second-order valence-corrected chi connectivity index (χ2v) is 9.75. The lowest BCUT2D eigenvalue weighted by Gasteiger charge is -2.18. The van der Waals surface area contributed by atoms with Gasteiger partial charge in [0.25, 0.3) is 0 Å². The van der Waals surface area contributed by atoms with Gasteiger partial charge in [0.05, 0.1) is 18.0 Å².